The van der Waals surface area contributed by atoms with Crippen LogP contribution in [0.4, 0.5) is 5.69 Å². The number of anilines is 1. The molecule has 1 aromatic carbocycles. The van der Waals surface area contributed by atoms with Gasteiger partial charge < -0.3 is 20.3 Å². The quantitative estimate of drug-likeness (QED) is 0.772. The Morgan fingerprint density at radius 2 is 1.86 bits per heavy atom. The van der Waals surface area contributed by atoms with E-state index >= 15 is 0 Å². The van der Waals surface area contributed by atoms with Crippen molar-refractivity contribution in [1.29, 1.82) is 0 Å². The Bertz CT molecular complexity index is 723. The van der Waals surface area contributed by atoms with Crippen LogP contribution in [-0.4, -0.2) is 42.2 Å². The van der Waals surface area contributed by atoms with Gasteiger partial charge in [-0.05, 0) is 12.1 Å². The molecule has 0 saturated carbocycles. The number of benzene rings is 1. The third kappa shape index (κ3) is 2.72. The molecule has 3 N–H and O–H groups in total. The molecular weight excluding hydrogens is 294 g/mol. The summed E-state index contributed by atoms with van der Waals surface area (Å²) in [5.74, 6) is -1.11. The van der Waals surface area contributed by atoms with E-state index in [9.17, 15) is 14.7 Å². The van der Waals surface area contributed by atoms with Crippen LogP contribution in [0.15, 0.2) is 29.1 Å². The van der Waals surface area contributed by atoms with Crippen molar-refractivity contribution in [2.24, 2.45) is 0 Å². The van der Waals surface area contributed by atoms with E-state index < -0.39 is 5.97 Å². The van der Waals surface area contributed by atoms with Gasteiger partial charge in [-0.2, -0.15) is 0 Å². The van der Waals surface area contributed by atoms with Gasteiger partial charge in [0.15, 0.2) is 5.69 Å². The van der Waals surface area contributed by atoms with Crippen LogP contribution in [0.1, 0.15) is 10.5 Å². The monoisotopic (exact) mass is 309 g/mol. The van der Waals surface area contributed by atoms with Gasteiger partial charge in [-0.3, -0.25) is 4.79 Å². The summed E-state index contributed by atoms with van der Waals surface area (Å²) >= 11 is 0. The summed E-state index contributed by atoms with van der Waals surface area (Å²) in [5, 5.41) is 13.1. The number of hydrogen-bond acceptors (Lipinski definition) is 4. The van der Waals surface area contributed by atoms with E-state index in [1.165, 1.54) is 0 Å². The van der Waals surface area contributed by atoms with Crippen molar-refractivity contribution in [2.75, 3.05) is 31.1 Å². The molecule has 1 saturated heterocycles. The minimum Gasteiger partial charge on any atom is -0.477 e. The number of hydrogen-bond donors (Lipinski definition) is 3. The van der Waals surface area contributed by atoms with Crippen LogP contribution in [0.5, 0.6) is 0 Å². The third-order valence-corrected chi connectivity index (χ3v) is 3.53. The third-order valence-electron chi connectivity index (χ3n) is 3.53. The highest BCUT2D eigenvalue weighted by molar-refractivity contribution is 5.97. The zero-order valence-corrected chi connectivity index (χ0v) is 12.1. The molecule has 1 aliphatic heterocycles. The molecule has 6 nitrogen and oxygen atoms in total. The molecular formula is C14H16ClN3O3. The molecule has 2 heterocycles. The number of carboxylic acid groups (broad SMARTS) is 1. The predicted molar refractivity (Wildman–Crippen MR) is 83.9 cm³/mol. The largest absolute Gasteiger partial charge is 0.477 e. The lowest BCUT2D eigenvalue weighted by molar-refractivity contribution is 0.0691. The van der Waals surface area contributed by atoms with Crippen LogP contribution in [0, 0.1) is 0 Å². The van der Waals surface area contributed by atoms with Crippen LogP contribution >= 0.6 is 12.4 Å². The molecule has 0 bridgehead atoms. The van der Waals surface area contributed by atoms with E-state index in [0.29, 0.717) is 24.0 Å². The molecule has 0 radical (unpaired) electrons. The van der Waals surface area contributed by atoms with Gasteiger partial charge in [-0.15, -0.1) is 12.4 Å². The highest BCUT2D eigenvalue weighted by Gasteiger charge is 2.23. The lowest BCUT2D eigenvalue weighted by Crippen LogP contribution is -2.46. The first-order chi connectivity index (χ1) is 9.68. The van der Waals surface area contributed by atoms with Crippen LogP contribution in [0.2, 0.25) is 0 Å². The highest BCUT2D eigenvalue weighted by atomic mass is 35.5. The summed E-state index contributed by atoms with van der Waals surface area (Å²) in [7, 11) is 0. The van der Waals surface area contributed by atoms with E-state index in [0.717, 1.165) is 13.1 Å². The van der Waals surface area contributed by atoms with E-state index in [2.05, 4.69) is 10.3 Å². The summed E-state index contributed by atoms with van der Waals surface area (Å²) < 4.78 is 0. The number of para-hydroxylation sites is 1. The molecule has 112 valence electrons. The lowest BCUT2D eigenvalue weighted by atomic mass is 10.1. The number of nitrogens with zero attached hydrogens (tertiary/aromatic N) is 1. The van der Waals surface area contributed by atoms with Gasteiger partial charge in [-0.1, -0.05) is 12.1 Å². The topological polar surface area (TPSA) is 85.4 Å². The molecule has 0 amide bonds. The molecule has 7 heteroatoms. The molecule has 0 atom stereocenters. The number of H-pyrrole nitrogens is 1. The van der Waals surface area contributed by atoms with Crippen molar-refractivity contribution in [2.45, 2.75) is 0 Å². The van der Waals surface area contributed by atoms with Crippen LogP contribution in [0.25, 0.3) is 10.9 Å². The number of nitrogens with one attached hydrogen (secondary N) is 2. The average Bonchev–Trinajstić information content (AvgIpc) is 2.48. The van der Waals surface area contributed by atoms with Gasteiger partial charge in [0.25, 0.3) is 0 Å². The zero-order valence-electron chi connectivity index (χ0n) is 11.3. The minimum absolute atomic E-state index is 0. The van der Waals surface area contributed by atoms with Crippen molar-refractivity contribution < 1.29 is 9.90 Å². The molecule has 1 fully saturated rings. The van der Waals surface area contributed by atoms with Gasteiger partial charge in [0.2, 0.25) is 5.43 Å². The fourth-order valence-corrected chi connectivity index (χ4v) is 2.57. The molecule has 1 aromatic heterocycles. The first-order valence-corrected chi connectivity index (χ1v) is 6.52. The van der Waals surface area contributed by atoms with Crippen LogP contribution in [0.3, 0.4) is 0 Å². The van der Waals surface area contributed by atoms with E-state index in [-0.39, 0.29) is 29.2 Å². The van der Waals surface area contributed by atoms with Gasteiger partial charge in [0.1, 0.15) is 5.69 Å². The van der Waals surface area contributed by atoms with Crippen LogP contribution in [-0.2, 0) is 0 Å². The summed E-state index contributed by atoms with van der Waals surface area (Å²) in [4.78, 5) is 28.8. The number of carbonyl (C=O) groups is 1. The average molecular weight is 310 g/mol. The highest BCUT2D eigenvalue weighted by Crippen LogP contribution is 2.19. The number of halogens is 1. The Morgan fingerprint density at radius 1 is 1.19 bits per heavy atom. The minimum atomic E-state index is -1.11. The van der Waals surface area contributed by atoms with Gasteiger partial charge in [0.05, 0.1) is 5.52 Å². The molecule has 2 aromatic rings. The maximum absolute atomic E-state index is 12.6. The second kappa shape index (κ2) is 6.15. The Morgan fingerprint density at radius 3 is 2.52 bits per heavy atom. The van der Waals surface area contributed by atoms with Gasteiger partial charge in [0, 0.05) is 31.6 Å². The molecule has 0 unspecified atom stereocenters. The van der Waals surface area contributed by atoms with Crippen molar-refractivity contribution in [3.8, 4) is 0 Å². The number of aromatic nitrogens is 1. The number of pyridine rings is 1. The molecule has 3 rings (SSSR count). The molecule has 0 aliphatic carbocycles. The van der Waals surface area contributed by atoms with Crippen LogP contribution < -0.4 is 15.6 Å². The fourth-order valence-electron chi connectivity index (χ4n) is 2.57. The SMILES string of the molecule is Cl.O=C(O)c1[nH]c2ccccc2c(=O)c1N1CCNCC1. The van der Waals surface area contributed by atoms with Gasteiger partial charge >= 0.3 is 5.97 Å². The number of fused-ring (bicyclic) bond motifs is 1. The fraction of sp³-hybridized carbons (Fsp3) is 0.286. The first kappa shape index (κ1) is 15.3. The summed E-state index contributed by atoms with van der Waals surface area (Å²) in [5.41, 5.74) is 0.556. The molecule has 0 spiro atoms. The lowest BCUT2D eigenvalue weighted by Gasteiger charge is -2.29. The van der Waals surface area contributed by atoms with E-state index in [1.54, 1.807) is 24.3 Å². The van der Waals surface area contributed by atoms with Crippen molar-refractivity contribution in [1.82, 2.24) is 10.3 Å². The normalized spacial score (nSPS) is 14.8. The Kier molecular flexibility index (Phi) is 4.50. The molecule has 1 aliphatic rings. The second-order valence-corrected chi connectivity index (χ2v) is 4.77. The smallest absolute Gasteiger partial charge is 0.354 e. The van der Waals surface area contributed by atoms with Crippen molar-refractivity contribution >= 4 is 35.0 Å². The first-order valence-electron chi connectivity index (χ1n) is 6.52. The Hall–Kier alpha value is -2.05. The van der Waals surface area contributed by atoms with Crippen molar-refractivity contribution in [3.63, 3.8) is 0 Å². The number of piperazine rings is 1. The second-order valence-electron chi connectivity index (χ2n) is 4.77. The van der Waals surface area contributed by atoms with Gasteiger partial charge in [-0.25, -0.2) is 4.79 Å². The number of aromatic amines is 1. The summed E-state index contributed by atoms with van der Waals surface area (Å²) in [6.45, 7) is 2.74. The van der Waals surface area contributed by atoms with E-state index in [4.69, 9.17) is 0 Å². The number of carboxylic acids is 1. The standard InChI is InChI=1S/C14H15N3O3.ClH/c18-13-9-3-1-2-4-10(9)16-11(14(19)20)12(13)17-7-5-15-6-8-17;/h1-4,15H,5-8H2,(H,16,18)(H,19,20);1H. The Labute approximate surface area is 127 Å². The predicted octanol–water partition coefficient (Wildman–Crippen LogP) is 1.06. The maximum atomic E-state index is 12.6. The Balaban J connectivity index is 0.00000161. The number of rotatable bonds is 2. The van der Waals surface area contributed by atoms with Crippen molar-refractivity contribution in [3.05, 3.63) is 40.2 Å². The summed E-state index contributed by atoms with van der Waals surface area (Å²) in [6, 6.07) is 6.98. The number of aromatic carboxylic acids is 1. The molecule has 21 heavy (non-hydrogen) atoms. The maximum Gasteiger partial charge on any atom is 0.354 e. The van der Waals surface area contributed by atoms with E-state index in [1.807, 2.05) is 4.90 Å². The summed E-state index contributed by atoms with van der Waals surface area (Å²) in [6.07, 6.45) is 0. The zero-order chi connectivity index (χ0) is 14.1.